The van der Waals surface area contributed by atoms with Crippen LogP contribution in [0.1, 0.15) is 52.4 Å². The molecular formula is C13H24O2. The Morgan fingerprint density at radius 1 is 1.20 bits per heavy atom. The van der Waals surface area contributed by atoms with E-state index >= 15 is 0 Å². The Balaban J connectivity index is 2.34. The lowest BCUT2D eigenvalue weighted by molar-refractivity contribution is 0.00675. The van der Waals surface area contributed by atoms with Crippen LogP contribution in [0.4, 0.5) is 0 Å². The lowest BCUT2D eigenvalue weighted by Gasteiger charge is -2.31. The van der Waals surface area contributed by atoms with E-state index in [-0.39, 0.29) is 12.0 Å². The molecule has 2 heteroatoms. The van der Waals surface area contributed by atoms with E-state index in [0.29, 0.717) is 0 Å². The van der Waals surface area contributed by atoms with E-state index in [1.54, 1.807) is 6.92 Å². The highest BCUT2D eigenvalue weighted by molar-refractivity contribution is 4.95. The van der Waals surface area contributed by atoms with Crippen molar-refractivity contribution in [2.75, 3.05) is 0 Å². The summed E-state index contributed by atoms with van der Waals surface area (Å²) in [5, 5.41) is 19.5. The van der Waals surface area contributed by atoms with E-state index in [4.69, 9.17) is 0 Å². The summed E-state index contributed by atoms with van der Waals surface area (Å²) in [5.74, 6) is 0.178. The minimum Gasteiger partial charge on any atom is -0.393 e. The highest BCUT2D eigenvalue weighted by Crippen LogP contribution is 2.31. The highest BCUT2D eigenvalue weighted by Gasteiger charge is 2.27. The zero-order valence-corrected chi connectivity index (χ0v) is 9.95. The van der Waals surface area contributed by atoms with Crippen molar-refractivity contribution in [1.29, 1.82) is 0 Å². The molecule has 2 nitrogen and oxygen atoms in total. The molecule has 0 radical (unpaired) electrons. The molecule has 0 aliphatic heterocycles. The Bertz CT molecular complexity index is 203. The number of aliphatic hydroxyl groups is 2. The van der Waals surface area contributed by atoms with Crippen LogP contribution in [0, 0.1) is 5.92 Å². The molecular weight excluding hydrogens is 188 g/mol. The molecule has 2 unspecified atom stereocenters. The van der Waals surface area contributed by atoms with Gasteiger partial charge in [0.2, 0.25) is 0 Å². The first-order valence-corrected chi connectivity index (χ1v) is 6.11. The van der Waals surface area contributed by atoms with Crippen molar-refractivity contribution in [3.8, 4) is 0 Å². The van der Waals surface area contributed by atoms with E-state index < -0.39 is 5.60 Å². The Hall–Kier alpha value is -0.340. The maximum Gasteiger partial charge on any atom is 0.0682 e. The quantitative estimate of drug-likeness (QED) is 0.703. The first-order chi connectivity index (χ1) is 7.03. The van der Waals surface area contributed by atoms with Crippen molar-refractivity contribution in [2.24, 2.45) is 5.92 Å². The van der Waals surface area contributed by atoms with Gasteiger partial charge in [0.15, 0.2) is 0 Å². The van der Waals surface area contributed by atoms with Gasteiger partial charge in [0.25, 0.3) is 0 Å². The summed E-state index contributed by atoms with van der Waals surface area (Å²) in [5.41, 5.74) is -0.465. The van der Waals surface area contributed by atoms with Gasteiger partial charge >= 0.3 is 0 Å². The molecule has 2 atom stereocenters. The van der Waals surface area contributed by atoms with Gasteiger partial charge in [0.05, 0.1) is 11.7 Å². The zero-order chi connectivity index (χ0) is 11.3. The average Bonchev–Trinajstić information content (AvgIpc) is 2.18. The Morgan fingerprint density at radius 3 is 2.33 bits per heavy atom. The molecule has 1 aliphatic rings. The Morgan fingerprint density at radius 2 is 1.80 bits per heavy atom. The summed E-state index contributed by atoms with van der Waals surface area (Å²) in [7, 11) is 0. The summed E-state index contributed by atoms with van der Waals surface area (Å²) >= 11 is 0. The fourth-order valence-corrected chi connectivity index (χ4v) is 2.08. The molecule has 0 heterocycles. The second-order valence-electron chi connectivity index (χ2n) is 5.02. The zero-order valence-electron chi connectivity index (χ0n) is 9.95. The first kappa shape index (κ1) is 12.7. The van der Waals surface area contributed by atoms with E-state index in [1.165, 1.54) is 6.42 Å². The van der Waals surface area contributed by atoms with Gasteiger partial charge in [0, 0.05) is 0 Å². The molecule has 0 spiro atoms. The monoisotopic (exact) mass is 212 g/mol. The van der Waals surface area contributed by atoms with Crippen LogP contribution in [0.5, 0.6) is 0 Å². The molecule has 15 heavy (non-hydrogen) atoms. The van der Waals surface area contributed by atoms with Gasteiger partial charge in [-0.25, -0.2) is 0 Å². The molecule has 1 saturated carbocycles. The number of rotatable bonds is 4. The number of hydrogen-bond donors (Lipinski definition) is 2. The minimum absolute atomic E-state index is 0.178. The normalized spacial score (nSPS) is 25.3. The van der Waals surface area contributed by atoms with E-state index in [2.05, 4.69) is 0 Å². The fraction of sp³-hybridized carbons (Fsp3) is 0.846. The van der Waals surface area contributed by atoms with Crippen LogP contribution in [0.2, 0.25) is 0 Å². The number of hydrogen-bond acceptors (Lipinski definition) is 2. The van der Waals surface area contributed by atoms with Crippen LogP contribution >= 0.6 is 0 Å². The van der Waals surface area contributed by atoms with Gasteiger partial charge in [-0.15, -0.1) is 0 Å². The lowest BCUT2D eigenvalue weighted by atomic mass is 9.82. The largest absolute Gasteiger partial charge is 0.393 e. The predicted octanol–water partition coefficient (Wildman–Crippen LogP) is 2.64. The van der Waals surface area contributed by atoms with E-state index in [9.17, 15) is 10.2 Å². The predicted molar refractivity (Wildman–Crippen MR) is 62.6 cm³/mol. The molecule has 1 fully saturated rings. The van der Waals surface area contributed by atoms with Crippen LogP contribution in [0.25, 0.3) is 0 Å². The maximum atomic E-state index is 10.2. The third kappa shape index (κ3) is 4.35. The Kier molecular flexibility index (Phi) is 4.81. The molecule has 0 bridgehead atoms. The van der Waals surface area contributed by atoms with Crippen molar-refractivity contribution in [2.45, 2.75) is 64.1 Å². The van der Waals surface area contributed by atoms with Crippen LogP contribution in [-0.4, -0.2) is 21.9 Å². The molecule has 88 valence electrons. The molecule has 2 N–H and O–H groups in total. The van der Waals surface area contributed by atoms with Crippen LogP contribution in [0.3, 0.4) is 0 Å². The van der Waals surface area contributed by atoms with Crippen LogP contribution in [-0.2, 0) is 0 Å². The SMILES string of the molecule is CC(O)C(C)/C=C\CC1(O)CCCCC1. The van der Waals surface area contributed by atoms with Crippen molar-refractivity contribution in [3.05, 3.63) is 12.2 Å². The molecule has 1 rings (SSSR count). The smallest absolute Gasteiger partial charge is 0.0682 e. The van der Waals surface area contributed by atoms with Gasteiger partial charge < -0.3 is 10.2 Å². The second kappa shape index (κ2) is 5.66. The van der Waals surface area contributed by atoms with Crippen LogP contribution in [0.15, 0.2) is 12.2 Å². The standard InChI is InChI=1S/C13H24O2/c1-11(12(2)14)7-6-10-13(15)8-4-3-5-9-13/h6-7,11-12,14-15H,3-5,8-10H2,1-2H3/b7-6-. The molecule has 1 aliphatic carbocycles. The minimum atomic E-state index is -0.465. The van der Waals surface area contributed by atoms with Crippen molar-refractivity contribution >= 4 is 0 Å². The summed E-state index contributed by atoms with van der Waals surface area (Å²) in [4.78, 5) is 0. The maximum absolute atomic E-state index is 10.2. The molecule has 0 saturated heterocycles. The molecule has 0 aromatic heterocycles. The van der Waals surface area contributed by atoms with Crippen molar-refractivity contribution in [1.82, 2.24) is 0 Å². The molecule has 0 amide bonds. The summed E-state index contributed by atoms with van der Waals surface area (Å²) in [6.45, 7) is 3.79. The summed E-state index contributed by atoms with van der Waals surface area (Å²) in [6, 6.07) is 0. The van der Waals surface area contributed by atoms with Crippen molar-refractivity contribution < 1.29 is 10.2 Å². The average molecular weight is 212 g/mol. The third-order valence-electron chi connectivity index (χ3n) is 3.48. The molecule has 0 aromatic rings. The Labute approximate surface area is 93.0 Å². The topological polar surface area (TPSA) is 40.5 Å². The van der Waals surface area contributed by atoms with E-state index in [0.717, 1.165) is 32.1 Å². The van der Waals surface area contributed by atoms with E-state index in [1.807, 2.05) is 19.1 Å². The molecule has 0 aromatic carbocycles. The van der Waals surface area contributed by atoms with Crippen LogP contribution < -0.4 is 0 Å². The van der Waals surface area contributed by atoms with Gasteiger partial charge in [0.1, 0.15) is 0 Å². The number of aliphatic hydroxyl groups excluding tert-OH is 1. The third-order valence-corrected chi connectivity index (χ3v) is 3.48. The fourth-order valence-electron chi connectivity index (χ4n) is 2.08. The van der Waals surface area contributed by atoms with Gasteiger partial charge in [-0.2, -0.15) is 0 Å². The van der Waals surface area contributed by atoms with Gasteiger partial charge in [-0.1, -0.05) is 38.3 Å². The summed E-state index contributed by atoms with van der Waals surface area (Å²) in [6.07, 6.45) is 9.90. The lowest BCUT2D eigenvalue weighted by Crippen LogP contribution is -2.30. The van der Waals surface area contributed by atoms with Gasteiger partial charge in [-0.05, 0) is 32.1 Å². The van der Waals surface area contributed by atoms with Gasteiger partial charge in [-0.3, -0.25) is 0 Å². The second-order valence-corrected chi connectivity index (χ2v) is 5.02. The first-order valence-electron chi connectivity index (χ1n) is 6.11. The highest BCUT2D eigenvalue weighted by atomic mass is 16.3. The van der Waals surface area contributed by atoms with Crippen molar-refractivity contribution in [3.63, 3.8) is 0 Å². The summed E-state index contributed by atoms with van der Waals surface area (Å²) < 4.78 is 0.